The second kappa shape index (κ2) is 4.84. The predicted octanol–water partition coefficient (Wildman–Crippen LogP) is 1.67. The van der Waals surface area contributed by atoms with E-state index in [0.717, 1.165) is 5.56 Å². The SMILES string of the molecule is Cn1cccc(Oc2ccc(CO)cc2)c1=O. The van der Waals surface area contributed by atoms with Gasteiger partial charge in [0.15, 0.2) is 5.75 Å². The molecule has 0 saturated heterocycles. The molecule has 0 amide bonds. The van der Waals surface area contributed by atoms with Gasteiger partial charge in [-0.05, 0) is 29.8 Å². The Labute approximate surface area is 98.7 Å². The summed E-state index contributed by atoms with van der Waals surface area (Å²) in [6, 6.07) is 10.3. The molecule has 2 aromatic rings. The quantitative estimate of drug-likeness (QED) is 0.874. The van der Waals surface area contributed by atoms with E-state index in [9.17, 15) is 4.79 Å². The van der Waals surface area contributed by atoms with Crippen molar-refractivity contribution < 1.29 is 9.84 Å². The summed E-state index contributed by atoms with van der Waals surface area (Å²) >= 11 is 0. The number of aromatic nitrogens is 1. The van der Waals surface area contributed by atoms with Crippen molar-refractivity contribution in [1.29, 1.82) is 0 Å². The molecule has 1 N–H and O–H groups in total. The molecule has 0 radical (unpaired) electrons. The zero-order chi connectivity index (χ0) is 12.3. The van der Waals surface area contributed by atoms with Crippen LogP contribution in [-0.4, -0.2) is 9.67 Å². The molecule has 1 heterocycles. The Kier molecular flexibility index (Phi) is 3.25. The normalized spacial score (nSPS) is 10.2. The van der Waals surface area contributed by atoms with Crippen molar-refractivity contribution in [1.82, 2.24) is 4.57 Å². The number of aliphatic hydroxyl groups is 1. The van der Waals surface area contributed by atoms with Gasteiger partial charge >= 0.3 is 0 Å². The van der Waals surface area contributed by atoms with Crippen LogP contribution >= 0.6 is 0 Å². The van der Waals surface area contributed by atoms with Gasteiger partial charge in [-0.25, -0.2) is 0 Å². The molecule has 88 valence electrons. The molecule has 0 unspecified atom stereocenters. The molecule has 0 fully saturated rings. The van der Waals surface area contributed by atoms with Crippen LogP contribution in [0.25, 0.3) is 0 Å². The Balaban J connectivity index is 2.25. The summed E-state index contributed by atoms with van der Waals surface area (Å²) in [6.45, 7) is -0.00656. The van der Waals surface area contributed by atoms with Gasteiger partial charge in [-0.1, -0.05) is 12.1 Å². The number of hydrogen-bond donors (Lipinski definition) is 1. The molecular weight excluding hydrogens is 218 g/mol. The summed E-state index contributed by atoms with van der Waals surface area (Å²) in [4.78, 5) is 11.7. The molecule has 0 aliphatic carbocycles. The van der Waals surface area contributed by atoms with Crippen molar-refractivity contribution >= 4 is 0 Å². The molecule has 0 saturated carbocycles. The van der Waals surface area contributed by atoms with Crippen molar-refractivity contribution in [2.75, 3.05) is 0 Å². The lowest BCUT2D eigenvalue weighted by Crippen LogP contribution is -2.16. The molecule has 0 aliphatic heterocycles. The van der Waals surface area contributed by atoms with Gasteiger partial charge in [-0.15, -0.1) is 0 Å². The van der Waals surface area contributed by atoms with Gasteiger partial charge in [0.2, 0.25) is 0 Å². The first-order valence-corrected chi connectivity index (χ1v) is 5.24. The molecule has 0 atom stereocenters. The van der Waals surface area contributed by atoms with E-state index in [-0.39, 0.29) is 17.9 Å². The third-order valence-corrected chi connectivity index (χ3v) is 2.42. The van der Waals surface area contributed by atoms with Crippen LogP contribution in [-0.2, 0) is 13.7 Å². The maximum Gasteiger partial charge on any atom is 0.293 e. The highest BCUT2D eigenvalue weighted by molar-refractivity contribution is 5.31. The minimum absolute atomic E-state index is 0.00656. The second-order valence-electron chi connectivity index (χ2n) is 3.69. The summed E-state index contributed by atoms with van der Waals surface area (Å²) in [5.41, 5.74) is 0.622. The first kappa shape index (κ1) is 11.4. The molecule has 1 aromatic heterocycles. The third-order valence-electron chi connectivity index (χ3n) is 2.42. The Morgan fingerprint density at radius 1 is 1.24 bits per heavy atom. The van der Waals surface area contributed by atoms with E-state index in [1.54, 1.807) is 49.6 Å². The van der Waals surface area contributed by atoms with E-state index in [1.807, 2.05) is 0 Å². The van der Waals surface area contributed by atoms with Crippen LogP contribution in [0.1, 0.15) is 5.56 Å². The van der Waals surface area contributed by atoms with Gasteiger partial charge in [0.25, 0.3) is 5.56 Å². The summed E-state index contributed by atoms with van der Waals surface area (Å²) in [5.74, 6) is 0.859. The fourth-order valence-electron chi connectivity index (χ4n) is 1.44. The summed E-state index contributed by atoms with van der Waals surface area (Å²) in [7, 11) is 1.67. The number of nitrogens with zero attached hydrogens (tertiary/aromatic N) is 1. The highest BCUT2D eigenvalue weighted by atomic mass is 16.5. The maximum absolute atomic E-state index is 11.7. The first-order chi connectivity index (χ1) is 8.20. The van der Waals surface area contributed by atoms with Gasteiger partial charge in [0.1, 0.15) is 5.75 Å². The Hall–Kier alpha value is -2.07. The molecule has 1 aromatic carbocycles. The van der Waals surface area contributed by atoms with E-state index in [4.69, 9.17) is 9.84 Å². The zero-order valence-corrected chi connectivity index (χ0v) is 9.46. The van der Waals surface area contributed by atoms with E-state index >= 15 is 0 Å². The number of aryl methyl sites for hydroxylation is 1. The van der Waals surface area contributed by atoms with E-state index in [1.165, 1.54) is 4.57 Å². The van der Waals surface area contributed by atoms with Crippen molar-refractivity contribution in [2.24, 2.45) is 7.05 Å². The van der Waals surface area contributed by atoms with Crippen molar-refractivity contribution in [3.63, 3.8) is 0 Å². The van der Waals surface area contributed by atoms with Gasteiger partial charge in [0, 0.05) is 13.2 Å². The smallest absolute Gasteiger partial charge is 0.293 e. The van der Waals surface area contributed by atoms with Crippen molar-refractivity contribution in [3.05, 3.63) is 58.5 Å². The van der Waals surface area contributed by atoms with E-state index < -0.39 is 0 Å². The number of benzene rings is 1. The standard InChI is InChI=1S/C13H13NO3/c1-14-8-2-3-12(13(14)16)17-11-6-4-10(9-15)5-7-11/h2-8,15H,9H2,1H3. The number of pyridine rings is 1. The highest BCUT2D eigenvalue weighted by Gasteiger charge is 2.03. The second-order valence-corrected chi connectivity index (χ2v) is 3.69. The number of rotatable bonds is 3. The zero-order valence-electron chi connectivity index (χ0n) is 9.46. The molecule has 0 bridgehead atoms. The number of ether oxygens (including phenoxy) is 1. The van der Waals surface area contributed by atoms with Crippen LogP contribution in [0.4, 0.5) is 0 Å². The first-order valence-electron chi connectivity index (χ1n) is 5.24. The average Bonchev–Trinajstić information content (AvgIpc) is 2.36. The van der Waals surface area contributed by atoms with Crippen LogP contribution in [0.15, 0.2) is 47.4 Å². The molecule has 2 rings (SSSR count). The Morgan fingerprint density at radius 3 is 2.59 bits per heavy atom. The lowest BCUT2D eigenvalue weighted by Gasteiger charge is -2.06. The fourth-order valence-corrected chi connectivity index (χ4v) is 1.44. The Morgan fingerprint density at radius 2 is 1.94 bits per heavy atom. The summed E-state index contributed by atoms with van der Waals surface area (Å²) in [5, 5.41) is 8.90. The molecular formula is C13H13NO3. The molecule has 4 nitrogen and oxygen atoms in total. The van der Waals surface area contributed by atoms with E-state index in [0.29, 0.717) is 5.75 Å². The fraction of sp³-hybridized carbons (Fsp3) is 0.154. The van der Waals surface area contributed by atoms with Crippen LogP contribution in [0, 0.1) is 0 Å². The lowest BCUT2D eigenvalue weighted by atomic mass is 10.2. The van der Waals surface area contributed by atoms with Gasteiger partial charge in [-0.2, -0.15) is 0 Å². The largest absolute Gasteiger partial charge is 0.452 e. The lowest BCUT2D eigenvalue weighted by molar-refractivity contribution is 0.281. The minimum Gasteiger partial charge on any atom is -0.452 e. The van der Waals surface area contributed by atoms with E-state index in [2.05, 4.69) is 0 Å². The average molecular weight is 231 g/mol. The summed E-state index contributed by atoms with van der Waals surface area (Å²) in [6.07, 6.45) is 1.67. The minimum atomic E-state index is -0.182. The monoisotopic (exact) mass is 231 g/mol. The van der Waals surface area contributed by atoms with Gasteiger partial charge in [0.05, 0.1) is 6.61 Å². The van der Waals surface area contributed by atoms with Crippen LogP contribution in [0.3, 0.4) is 0 Å². The van der Waals surface area contributed by atoms with Gasteiger partial charge in [-0.3, -0.25) is 4.79 Å². The maximum atomic E-state index is 11.7. The van der Waals surface area contributed by atoms with Crippen LogP contribution in [0.5, 0.6) is 11.5 Å². The molecule has 0 spiro atoms. The molecule has 17 heavy (non-hydrogen) atoms. The molecule has 4 heteroatoms. The molecule has 0 aliphatic rings. The number of aliphatic hydroxyl groups excluding tert-OH is 1. The van der Waals surface area contributed by atoms with Crippen molar-refractivity contribution in [2.45, 2.75) is 6.61 Å². The van der Waals surface area contributed by atoms with Gasteiger partial charge < -0.3 is 14.4 Å². The topological polar surface area (TPSA) is 51.5 Å². The highest BCUT2D eigenvalue weighted by Crippen LogP contribution is 2.18. The summed E-state index contributed by atoms with van der Waals surface area (Å²) < 4.78 is 6.93. The predicted molar refractivity (Wildman–Crippen MR) is 64.1 cm³/mol. The van der Waals surface area contributed by atoms with Crippen molar-refractivity contribution in [3.8, 4) is 11.5 Å². The Bertz CT molecular complexity index is 558. The number of hydrogen-bond acceptors (Lipinski definition) is 3. The van der Waals surface area contributed by atoms with Crippen LogP contribution < -0.4 is 10.3 Å². The van der Waals surface area contributed by atoms with Crippen LogP contribution in [0.2, 0.25) is 0 Å². The third kappa shape index (κ3) is 2.54.